The van der Waals surface area contributed by atoms with Crippen LogP contribution in [0.25, 0.3) is 0 Å². The second-order valence-electron chi connectivity index (χ2n) is 5.42. The molecule has 0 radical (unpaired) electrons. The number of fused-ring (bicyclic) bond motifs is 1. The molecule has 3 rings (SSSR count). The summed E-state index contributed by atoms with van der Waals surface area (Å²) in [5, 5.41) is 13.5. The van der Waals surface area contributed by atoms with Gasteiger partial charge in [0.1, 0.15) is 0 Å². The van der Waals surface area contributed by atoms with Gasteiger partial charge in [-0.05, 0) is 36.6 Å². The average molecular weight is 263 g/mol. The minimum Gasteiger partial charge on any atom is -0.454 e. The van der Waals surface area contributed by atoms with E-state index >= 15 is 0 Å². The van der Waals surface area contributed by atoms with Crippen molar-refractivity contribution in [1.29, 1.82) is 0 Å². The SMILES string of the molecule is OC(CNCCC1CCC1)c1ccc2c(c1)OCO2. The zero-order valence-electron chi connectivity index (χ0n) is 11.1. The van der Waals surface area contributed by atoms with E-state index in [2.05, 4.69) is 5.32 Å². The molecule has 4 heteroatoms. The Kier molecular flexibility index (Phi) is 3.89. The first-order valence-electron chi connectivity index (χ1n) is 7.11. The van der Waals surface area contributed by atoms with Gasteiger partial charge in [-0.2, -0.15) is 0 Å². The zero-order chi connectivity index (χ0) is 13.1. The third-order valence-corrected chi connectivity index (χ3v) is 4.07. The maximum absolute atomic E-state index is 10.1. The van der Waals surface area contributed by atoms with Gasteiger partial charge in [0.05, 0.1) is 6.10 Å². The van der Waals surface area contributed by atoms with Crippen molar-refractivity contribution in [2.45, 2.75) is 31.8 Å². The fourth-order valence-electron chi connectivity index (χ4n) is 2.56. The second-order valence-corrected chi connectivity index (χ2v) is 5.42. The van der Waals surface area contributed by atoms with Crippen molar-refractivity contribution in [3.63, 3.8) is 0 Å². The highest BCUT2D eigenvalue weighted by Crippen LogP contribution is 2.34. The molecule has 4 nitrogen and oxygen atoms in total. The molecule has 2 aliphatic rings. The van der Waals surface area contributed by atoms with Crippen LogP contribution in [0.4, 0.5) is 0 Å². The minimum absolute atomic E-state index is 0.272. The Balaban J connectivity index is 1.45. The van der Waals surface area contributed by atoms with Crippen molar-refractivity contribution < 1.29 is 14.6 Å². The molecule has 0 spiro atoms. The van der Waals surface area contributed by atoms with Crippen LogP contribution < -0.4 is 14.8 Å². The van der Waals surface area contributed by atoms with Gasteiger partial charge in [-0.1, -0.05) is 25.3 Å². The molecule has 1 aromatic carbocycles. The number of hydrogen-bond acceptors (Lipinski definition) is 4. The van der Waals surface area contributed by atoms with Crippen molar-refractivity contribution in [3.05, 3.63) is 23.8 Å². The van der Waals surface area contributed by atoms with Gasteiger partial charge < -0.3 is 19.9 Å². The third-order valence-electron chi connectivity index (χ3n) is 4.07. The summed E-state index contributed by atoms with van der Waals surface area (Å²) in [6.07, 6.45) is 4.90. The zero-order valence-corrected chi connectivity index (χ0v) is 11.1. The van der Waals surface area contributed by atoms with Gasteiger partial charge >= 0.3 is 0 Å². The molecule has 1 unspecified atom stereocenters. The molecule has 1 atom stereocenters. The Hall–Kier alpha value is -1.26. The van der Waals surface area contributed by atoms with Crippen LogP contribution in [0.1, 0.15) is 37.4 Å². The van der Waals surface area contributed by atoms with Crippen LogP contribution in [0, 0.1) is 5.92 Å². The Morgan fingerprint density at radius 2 is 2.11 bits per heavy atom. The highest BCUT2D eigenvalue weighted by Gasteiger charge is 2.18. The first-order chi connectivity index (χ1) is 9.33. The molecule has 0 aromatic heterocycles. The average Bonchev–Trinajstić information content (AvgIpc) is 2.83. The maximum Gasteiger partial charge on any atom is 0.231 e. The topological polar surface area (TPSA) is 50.7 Å². The summed E-state index contributed by atoms with van der Waals surface area (Å²) < 4.78 is 10.6. The first kappa shape index (κ1) is 12.8. The summed E-state index contributed by atoms with van der Waals surface area (Å²) in [5.41, 5.74) is 0.875. The number of ether oxygens (including phenoxy) is 2. The number of aliphatic hydroxyl groups is 1. The smallest absolute Gasteiger partial charge is 0.231 e. The lowest BCUT2D eigenvalue weighted by molar-refractivity contribution is 0.169. The molecule has 2 N–H and O–H groups in total. The molecule has 1 aliphatic carbocycles. The lowest BCUT2D eigenvalue weighted by Crippen LogP contribution is -2.25. The summed E-state index contributed by atoms with van der Waals surface area (Å²) in [6, 6.07) is 5.61. The summed E-state index contributed by atoms with van der Waals surface area (Å²) in [7, 11) is 0. The largest absolute Gasteiger partial charge is 0.454 e. The van der Waals surface area contributed by atoms with E-state index in [9.17, 15) is 5.11 Å². The Morgan fingerprint density at radius 1 is 1.26 bits per heavy atom. The predicted molar refractivity (Wildman–Crippen MR) is 72.4 cm³/mol. The van der Waals surface area contributed by atoms with Gasteiger partial charge in [0, 0.05) is 6.54 Å². The van der Waals surface area contributed by atoms with Crippen LogP contribution in [0.2, 0.25) is 0 Å². The van der Waals surface area contributed by atoms with E-state index in [1.807, 2.05) is 18.2 Å². The van der Waals surface area contributed by atoms with Gasteiger partial charge in [0.25, 0.3) is 0 Å². The molecule has 1 aliphatic heterocycles. The maximum atomic E-state index is 10.1. The molecule has 0 saturated heterocycles. The van der Waals surface area contributed by atoms with Gasteiger partial charge in [-0.15, -0.1) is 0 Å². The number of aliphatic hydroxyl groups excluding tert-OH is 1. The second kappa shape index (κ2) is 5.80. The quantitative estimate of drug-likeness (QED) is 0.773. The molecule has 1 fully saturated rings. The summed E-state index contributed by atoms with van der Waals surface area (Å²) >= 11 is 0. The van der Waals surface area contributed by atoms with E-state index in [4.69, 9.17) is 9.47 Å². The number of hydrogen-bond donors (Lipinski definition) is 2. The molecule has 0 amide bonds. The van der Waals surface area contributed by atoms with E-state index in [1.54, 1.807) is 0 Å². The normalized spacial score (nSPS) is 19.2. The predicted octanol–water partition coefficient (Wildman–Crippen LogP) is 2.23. The number of benzene rings is 1. The standard InChI is InChI=1S/C15H21NO3/c17-13(9-16-7-6-11-2-1-3-11)12-4-5-14-15(8-12)19-10-18-14/h4-5,8,11,13,16-17H,1-3,6-7,9-10H2. The molecular formula is C15H21NO3. The van der Waals surface area contributed by atoms with Crippen LogP contribution in [-0.4, -0.2) is 25.0 Å². The lowest BCUT2D eigenvalue weighted by atomic mass is 9.83. The first-order valence-corrected chi connectivity index (χ1v) is 7.11. The summed E-state index contributed by atoms with van der Waals surface area (Å²) in [5.74, 6) is 2.40. The van der Waals surface area contributed by atoms with Crippen molar-refractivity contribution in [2.75, 3.05) is 19.9 Å². The minimum atomic E-state index is -0.490. The highest BCUT2D eigenvalue weighted by atomic mass is 16.7. The number of rotatable bonds is 6. The van der Waals surface area contributed by atoms with Gasteiger partial charge in [-0.25, -0.2) is 0 Å². The third kappa shape index (κ3) is 3.01. The van der Waals surface area contributed by atoms with Crippen LogP contribution in [0.3, 0.4) is 0 Å². The van der Waals surface area contributed by atoms with Crippen LogP contribution in [0.15, 0.2) is 18.2 Å². The van der Waals surface area contributed by atoms with E-state index < -0.39 is 6.10 Å². The van der Waals surface area contributed by atoms with Crippen LogP contribution in [-0.2, 0) is 0 Å². The van der Waals surface area contributed by atoms with Gasteiger partial charge in [0.15, 0.2) is 11.5 Å². The van der Waals surface area contributed by atoms with Crippen LogP contribution >= 0.6 is 0 Å². The summed E-state index contributed by atoms with van der Waals surface area (Å²) in [4.78, 5) is 0. The summed E-state index contributed by atoms with van der Waals surface area (Å²) in [6.45, 7) is 1.85. The molecule has 1 aromatic rings. The van der Waals surface area contributed by atoms with Crippen molar-refractivity contribution in [1.82, 2.24) is 5.32 Å². The Labute approximate surface area is 113 Å². The monoisotopic (exact) mass is 263 g/mol. The lowest BCUT2D eigenvalue weighted by Gasteiger charge is -2.25. The van der Waals surface area contributed by atoms with E-state index in [1.165, 1.54) is 25.7 Å². The molecular weight excluding hydrogens is 242 g/mol. The molecule has 104 valence electrons. The van der Waals surface area contributed by atoms with E-state index in [0.29, 0.717) is 6.54 Å². The van der Waals surface area contributed by atoms with Gasteiger partial charge in [0.2, 0.25) is 6.79 Å². The molecule has 0 bridgehead atoms. The number of nitrogens with one attached hydrogen (secondary N) is 1. The van der Waals surface area contributed by atoms with E-state index in [0.717, 1.165) is 29.5 Å². The fourth-order valence-corrected chi connectivity index (χ4v) is 2.56. The molecule has 1 heterocycles. The van der Waals surface area contributed by atoms with Crippen molar-refractivity contribution in [3.8, 4) is 11.5 Å². The van der Waals surface area contributed by atoms with Crippen LogP contribution in [0.5, 0.6) is 11.5 Å². The molecule has 19 heavy (non-hydrogen) atoms. The van der Waals surface area contributed by atoms with Crippen molar-refractivity contribution >= 4 is 0 Å². The Morgan fingerprint density at radius 3 is 2.89 bits per heavy atom. The van der Waals surface area contributed by atoms with Gasteiger partial charge in [-0.3, -0.25) is 0 Å². The molecule has 1 saturated carbocycles. The van der Waals surface area contributed by atoms with E-state index in [-0.39, 0.29) is 6.79 Å². The highest BCUT2D eigenvalue weighted by molar-refractivity contribution is 5.45. The Bertz CT molecular complexity index is 431. The fraction of sp³-hybridized carbons (Fsp3) is 0.600. The van der Waals surface area contributed by atoms with Crippen molar-refractivity contribution in [2.24, 2.45) is 5.92 Å².